The van der Waals surface area contributed by atoms with Crippen LogP contribution in [0.25, 0.3) is 10.8 Å². The molecule has 1 aromatic carbocycles. The molecule has 2 rings (SSSR count). The van der Waals surface area contributed by atoms with Gasteiger partial charge in [0.05, 0.1) is 11.1 Å². The number of aromatic nitrogens is 2. The Morgan fingerprint density at radius 1 is 1.20 bits per heavy atom. The highest BCUT2D eigenvalue weighted by molar-refractivity contribution is 5.86. The molecule has 0 aliphatic heterocycles. The van der Waals surface area contributed by atoms with Gasteiger partial charge in [-0.1, -0.05) is 26.0 Å². The Bertz CT molecular complexity index is 506. The summed E-state index contributed by atoms with van der Waals surface area (Å²) >= 11 is 0. The summed E-state index contributed by atoms with van der Waals surface area (Å²) in [6, 6.07) is 5.68. The molecule has 0 radical (unpaired) electrons. The van der Waals surface area contributed by atoms with E-state index in [1.807, 2.05) is 45.9 Å². The number of aromatic amines is 1. The van der Waals surface area contributed by atoms with Crippen molar-refractivity contribution in [3.05, 3.63) is 39.8 Å². The van der Waals surface area contributed by atoms with Crippen LogP contribution >= 0.6 is 0 Å². The summed E-state index contributed by atoms with van der Waals surface area (Å²) in [4.78, 5) is 11.4. The maximum absolute atomic E-state index is 11.4. The molecule has 1 aromatic heterocycles. The van der Waals surface area contributed by atoms with Gasteiger partial charge in [-0.25, -0.2) is 5.10 Å². The summed E-state index contributed by atoms with van der Waals surface area (Å²) in [7, 11) is 0. The zero-order chi connectivity index (χ0) is 11.4. The summed E-state index contributed by atoms with van der Waals surface area (Å²) in [5.74, 6) is 0. The zero-order valence-corrected chi connectivity index (χ0v) is 9.59. The van der Waals surface area contributed by atoms with Crippen molar-refractivity contribution in [1.29, 1.82) is 0 Å². The number of H-pyrrole nitrogens is 1. The molecule has 0 unspecified atom stereocenters. The number of nitrogens with one attached hydrogen (secondary N) is 1. The predicted octanol–water partition coefficient (Wildman–Crippen LogP) is 2.57. The van der Waals surface area contributed by atoms with Crippen LogP contribution in [0.1, 0.15) is 25.1 Å². The highest BCUT2D eigenvalue weighted by atomic mass is 16.1. The van der Waals surface area contributed by atoms with Gasteiger partial charge in [-0.05, 0) is 25.5 Å². The summed E-state index contributed by atoms with van der Waals surface area (Å²) in [5, 5.41) is 8.07. The molecular weight excluding hydrogens is 188 g/mol. The van der Waals surface area contributed by atoms with E-state index in [-0.39, 0.29) is 5.56 Å². The molecule has 0 spiro atoms. The lowest BCUT2D eigenvalue weighted by Crippen LogP contribution is -2.09. The van der Waals surface area contributed by atoms with Crippen molar-refractivity contribution in [3.8, 4) is 0 Å². The Kier molecular flexibility index (Phi) is 3.61. The minimum Gasteiger partial charge on any atom is -0.267 e. The molecule has 0 bridgehead atoms. The first kappa shape index (κ1) is 11.4. The van der Waals surface area contributed by atoms with Crippen molar-refractivity contribution in [2.75, 3.05) is 0 Å². The Balaban J connectivity index is 0.000000531. The fraction of sp³-hybridized carbons (Fsp3) is 0.333. The molecule has 0 fully saturated rings. The number of nitrogens with zero attached hydrogens (tertiary/aromatic N) is 1. The first-order valence-electron chi connectivity index (χ1n) is 5.15. The molecule has 3 heteroatoms. The van der Waals surface area contributed by atoms with Gasteiger partial charge in [0, 0.05) is 5.39 Å². The van der Waals surface area contributed by atoms with E-state index in [0.29, 0.717) is 5.39 Å². The summed E-state index contributed by atoms with van der Waals surface area (Å²) < 4.78 is 0. The number of aryl methyl sites for hydroxylation is 2. The van der Waals surface area contributed by atoms with E-state index in [0.717, 1.165) is 16.6 Å². The van der Waals surface area contributed by atoms with Crippen molar-refractivity contribution in [1.82, 2.24) is 10.2 Å². The van der Waals surface area contributed by atoms with E-state index in [2.05, 4.69) is 10.2 Å². The lowest BCUT2D eigenvalue weighted by atomic mass is 10.1. The average molecular weight is 204 g/mol. The van der Waals surface area contributed by atoms with Crippen LogP contribution in [0.5, 0.6) is 0 Å². The molecule has 0 saturated heterocycles. The Labute approximate surface area is 89.1 Å². The van der Waals surface area contributed by atoms with Gasteiger partial charge in [0.25, 0.3) is 5.56 Å². The van der Waals surface area contributed by atoms with Gasteiger partial charge < -0.3 is 0 Å². The second-order valence-corrected chi connectivity index (χ2v) is 3.14. The maximum Gasteiger partial charge on any atom is 0.272 e. The van der Waals surface area contributed by atoms with Gasteiger partial charge >= 0.3 is 0 Å². The van der Waals surface area contributed by atoms with E-state index in [4.69, 9.17) is 0 Å². The second kappa shape index (κ2) is 4.73. The molecule has 0 saturated carbocycles. The number of benzene rings is 1. The molecule has 80 valence electrons. The maximum atomic E-state index is 11.4. The highest BCUT2D eigenvalue weighted by Crippen LogP contribution is 2.16. The monoisotopic (exact) mass is 204 g/mol. The highest BCUT2D eigenvalue weighted by Gasteiger charge is 2.03. The standard InChI is InChI=1S/C10H10N2O.C2H6/c1-6-4-3-5-8-9(6)7(2)11-12-10(8)13;1-2/h3-5H,1-2H3,(H,12,13);1-2H3. The van der Waals surface area contributed by atoms with E-state index in [9.17, 15) is 4.79 Å². The quantitative estimate of drug-likeness (QED) is 0.716. The molecular formula is C12H16N2O. The average Bonchev–Trinajstić information content (AvgIpc) is 2.26. The normalized spacial score (nSPS) is 9.60. The van der Waals surface area contributed by atoms with Gasteiger partial charge in [0.15, 0.2) is 0 Å². The number of hydrogen-bond donors (Lipinski definition) is 1. The first-order chi connectivity index (χ1) is 7.20. The lowest BCUT2D eigenvalue weighted by molar-refractivity contribution is 0.969. The minimum absolute atomic E-state index is 0.121. The second-order valence-electron chi connectivity index (χ2n) is 3.14. The SMILES string of the molecule is CC.Cc1cccc2c(=O)[nH]nc(C)c12. The zero-order valence-electron chi connectivity index (χ0n) is 9.59. The molecule has 0 aliphatic rings. The van der Waals surface area contributed by atoms with E-state index in [1.54, 1.807) is 0 Å². The molecule has 1 N–H and O–H groups in total. The summed E-state index contributed by atoms with van der Waals surface area (Å²) in [6.45, 7) is 7.88. The molecule has 3 nitrogen and oxygen atoms in total. The molecule has 15 heavy (non-hydrogen) atoms. The van der Waals surface area contributed by atoms with Gasteiger partial charge in [0.2, 0.25) is 0 Å². The van der Waals surface area contributed by atoms with Crippen molar-refractivity contribution >= 4 is 10.8 Å². The van der Waals surface area contributed by atoms with E-state index >= 15 is 0 Å². The van der Waals surface area contributed by atoms with Crippen LogP contribution < -0.4 is 5.56 Å². The fourth-order valence-corrected chi connectivity index (χ4v) is 1.59. The van der Waals surface area contributed by atoms with Crippen LogP contribution in [0, 0.1) is 13.8 Å². The van der Waals surface area contributed by atoms with E-state index < -0.39 is 0 Å². The van der Waals surface area contributed by atoms with Crippen LogP contribution in [0.15, 0.2) is 23.0 Å². The van der Waals surface area contributed by atoms with E-state index in [1.165, 1.54) is 0 Å². The Morgan fingerprint density at radius 3 is 2.47 bits per heavy atom. The molecule has 0 amide bonds. The number of rotatable bonds is 0. The topological polar surface area (TPSA) is 45.8 Å². The number of hydrogen-bond acceptors (Lipinski definition) is 2. The third-order valence-electron chi connectivity index (χ3n) is 2.20. The third-order valence-corrected chi connectivity index (χ3v) is 2.20. The predicted molar refractivity (Wildman–Crippen MR) is 63.2 cm³/mol. The Hall–Kier alpha value is -1.64. The van der Waals surface area contributed by atoms with Gasteiger partial charge in [0.1, 0.15) is 0 Å². The van der Waals surface area contributed by atoms with Gasteiger partial charge in [-0.3, -0.25) is 4.79 Å². The first-order valence-corrected chi connectivity index (χ1v) is 5.15. The number of fused-ring (bicyclic) bond motifs is 1. The van der Waals surface area contributed by atoms with Gasteiger partial charge in [-0.2, -0.15) is 5.10 Å². The smallest absolute Gasteiger partial charge is 0.267 e. The lowest BCUT2D eigenvalue weighted by Gasteiger charge is -2.02. The van der Waals surface area contributed by atoms with Crippen molar-refractivity contribution in [3.63, 3.8) is 0 Å². The van der Waals surface area contributed by atoms with Crippen LogP contribution in [0.4, 0.5) is 0 Å². The van der Waals surface area contributed by atoms with Crippen LogP contribution in [-0.4, -0.2) is 10.2 Å². The Morgan fingerprint density at radius 2 is 1.87 bits per heavy atom. The summed E-state index contributed by atoms with van der Waals surface area (Å²) in [6.07, 6.45) is 0. The molecule has 2 aromatic rings. The van der Waals surface area contributed by atoms with Crippen molar-refractivity contribution in [2.24, 2.45) is 0 Å². The van der Waals surface area contributed by atoms with Crippen LogP contribution in [0.2, 0.25) is 0 Å². The molecule has 0 aliphatic carbocycles. The third kappa shape index (κ3) is 2.06. The van der Waals surface area contributed by atoms with Gasteiger partial charge in [-0.15, -0.1) is 0 Å². The van der Waals surface area contributed by atoms with Crippen LogP contribution in [0.3, 0.4) is 0 Å². The van der Waals surface area contributed by atoms with Crippen molar-refractivity contribution in [2.45, 2.75) is 27.7 Å². The molecule has 1 heterocycles. The minimum atomic E-state index is -0.121. The van der Waals surface area contributed by atoms with Crippen LogP contribution in [-0.2, 0) is 0 Å². The fourth-order valence-electron chi connectivity index (χ4n) is 1.59. The summed E-state index contributed by atoms with van der Waals surface area (Å²) in [5.41, 5.74) is 1.84. The van der Waals surface area contributed by atoms with Crippen molar-refractivity contribution < 1.29 is 0 Å². The molecule has 0 atom stereocenters. The largest absolute Gasteiger partial charge is 0.272 e.